The first kappa shape index (κ1) is 29.7. The summed E-state index contributed by atoms with van der Waals surface area (Å²) < 4.78 is 47.7. The number of carbonyl (C=O) groups excluding carboxylic acids is 1. The average Bonchev–Trinajstić information content (AvgIpc) is 2.91. The van der Waals surface area contributed by atoms with Crippen LogP contribution in [-0.4, -0.2) is 6.03 Å². The lowest BCUT2D eigenvalue weighted by Gasteiger charge is -2.17. The third kappa shape index (κ3) is 7.46. The van der Waals surface area contributed by atoms with Crippen LogP contribution in [0.2, 0.25) is 0 Å². The van der Waals surface area contributed by atoms with Gasteiger partial charge in [-0.15, -0.1) is 4.91 Å². The number of rotatable bonds is 8. The lowest BCUT2D eigenvalue weighted by atomic mass is 10.0. The van der Waals surface area contributed by atoms with Crippen LogP contribution in [0.3, 0.4) is 0 Å². The molecule has 0 aromatic heterocycles. The van der Waals surface area contributed by atoms with Gasteiger partial charge in [-0.05, 0) is 102 Å². The van der Waals surface area contributed by atoms with E-state index in [-0.39, 0.29) is 11.6 Å². The molecule has 2 N–H and O–H groups in total. The number of urea groups is 1. The van der Waals surface area contributed by atoms with Crippen LogP contribution in [0, 0.1) is 18.8 Å². The van der Waals surface area contributed by atoms with Gasteiger partial charge < -0.3 is 15.4 Å². The van der Waals surface area contributed by atoms with E-state index < -0.39 is 17.8 Å². The van der Waals surface area contributed by atoms with Gasteiger partial charge in [-0.1, -0.05) is 43.8 Å². The average molecular weight is 580 g/mol. The Morgan fingerprint density at radius 2 is 1.56 bits per heavy atom. The van der Waals surface area contributed by atoms with Gasteiger partial charge in [0.2, 0.25) is 0 Å². The van der Waals surface area contributed by atoms with E-state index in [0.29, 0.717) is 38.9 Å². The Bertz CT molecular complexity index is 1550. The molecule has 0 bridgehead atoms. The maximum absolute atomic E-state index is 13.9. The summed E-state index contributed by atoms with van der Waals surface area (Å²) in [5.74, 6) is 1.15. The van der Waals surface area contributed by atoms with Gasteiger partial charge in [-0.2, -0.15) is 13.2 Å². The Hall–Kier alpha value is -4.31. The largest absolute Gasteiger partial charge is 0.457 e. The van der Waals surface area contributed by atoms with Crippen molar-refractivity contribution in [2.45, 2.75) is 49.6 Å². The van der Waals surface area contributed by atoms with Crippen molar-refractivity contribution in [1.29, 1.82) is 0 Å². The monoisotopic (exact) mass is 579 g/mol. The van der Waals surface area contributed by atoms with Crippen LogP contribution in [0.25, 0.3) is 0 Å². The van der Waals surface area contributed by atoms with Gasteiger partial charge in [-0.25, -0.2) is 4.79 Å². The van der Waals surface area contributed by atoms with Crippen molar-refractivity contribution in [3.8, 4) is 11.5 Å². The number of anilines is 2. The second-order valence-corrected chi connectivity index (χ2v) is 10.9. The summed E-state index contributed by atoms with van der Waals surface area (Å²) in [5, 5.41) is 8.01. The summed E-state index contributed by atoms with van der Waals surface area (Å²) in [5.41, 5.74) is 1.59. The first-order valence-electron chi connectivity index (χ1n) is 12.7. The molecule has 0 aliphatic rings. The third-order valence-electron chi connectivity index (χ3n) is 6.18. The number of aryl methyl sites for hydroxylation is 2. The molecule has 41 heavy (non-hydrogen) atoms. The summed E-state index contributed by atoms with van der Waals surface area (Å²) in [6.45, 7) is 7.49. The predicted molar refractivity (Wildman–Crippen MR) is 157 cm³/mol. The minimum absolute atomic E-state index is 0.0650. The van der Waals surface area contributed by atoms with E-state index in [4.69, 9.17) is 4.74 Å². The molecule has 0 atom stereocenters. The summed E-state index contributed by atoms with van der Waals surface area (Å²) in [7, 11) is 0. The lowest BCUT2D eigenvalue weighted by molar-refractivity contribution is -0.137. The Kier molecular flexibility index (Phi) is 9.02. The van der Waals surface area contributed by atoms with E-state index in [1.165, 1.54) is 23.9 Å². The SMILES string of the molecule is Cc1cc(NC(=O)Nc2ccc(Sc3ccccc3)cc2C(F)(F)F)cc(C)c1Oc1ccc(N=O)c(C(C)C)c1. The number of ether oxygens (including phenoxy) is 1. The summed E-state index contributed by atoms with van der Waals surface area (Å²) in [6.07, 6.45) is -4.67. The zero-order valence-electron chi connectivity index (χ0n) is 22.8. The van der Waals surface area contributed by atoms with Crippen molar-refractivity contribution in [2.75, 3.05) is 10.6 Å². The Balaban J connectivity index is 1.50. The molecule has 0 saturated heterocycles. The van der Waals surface area contributed by atoms with Crippen LogP contribution in [0.1, 0.15) is 42.0 Å². The number of nitrogens with one attached hydrogen (secondary N) is 2. The predicted octanol–water partition coefficient (Wildman–Crippen LogP) is 10.4. The normalized spacial score (nSPS) is 11.3. The Labute approximate surface area is 240 Å². The van der Waals surface area contributed by atoms with Gasteiger partial charge in [-0.3, -0.25) is 0 Å². The van der Waals surface area contributed by atoms with E-state index in [1.54, 1.807) is 44.2 Å². The highest BCUT2D eigenvalue weighted by Gasteiger charge is 2.34. The molecule has 0 unspecified atom stereocenters. The number of carbonyl (C=O) groups is 1. The zero-order valence-corrected chi connectivity index (χ0v) is 23.6. The first-order valence-corrected chi connectivity index (χ1v) is 13.5. The third-order valence-corrected chi connectivity index (χ3v) is 7.18. The molecule has 0 heterocycles. The van der Waals surface area contributed by atoms with E-state index in [1.807, 2.05) is 44.2 Å². The highest BCUT2D eigenvalue weighted by atomic mass is 32.2. The topological polar surface area (TPSA) is 79.8 Å². The molecule has 0 spiro atoms. The van der Waals surface area contributed by atoms with Gasteiger partial charge in [0.25, 0.3) is 0 Å². The van der Waals surface area contributed by atoms with Gasteiger partial charge in [0.15, 0.2) is 0 Å². The van der Waals surface area contributed by atoms with Crippen LogP contribution in [0.4, 0.5) is 35.0 Å². The molecule has 0 aliphatic carbocycles. The maximum Gasteiger partial charge on any atom is 0.418 e. The molecule has 2 amide bonds. The molecule has 0 saturated carbocycles. The molecule has 4 aromatic rings. The standard InChI is InChI=1S/C31H28F3N3O3S/c1-18(2)25-16-22(10-12-27(25)37-39)40-29-19(3)14-21(15-20(29)4)35-30(38)36-28-13-11-24(17-26(28)31(32,33)34)41-23-8-6-5-7-9-23/h5-18H,1-4H3,(H2,35,36,38). The number of benzene rings is 4. The smallest absolute Gasteiger partial charge is 0.418 e. The number of nitroso groups, excluding NO2 is 1. The van der Waals surface area contributed by atoms with Crippen LogP contribution >= 0.6 is 11.8 Å². The van der Waals surface area contributed by atoms with E-state index in [2.05, 4.69) is 15.8 Å². The van der Waals surface area contributed by atoms with E-state index >= 15 is 0 Å². The van der Waals surface area contributed by atoms with Crippen LogP contribution in [0.5, 0.6) is 11.5 Å². The molecule has 0 radical (unpaired) electrons. The zero-order chi connectivity index (χ0) is 29.7. The molecule has 0 fully saturated rings. The lowest BCUT2D eigenvalue weighted by Crippen LogP contribution is -2.22. The quantitative estimate of drug-likeness (QED) is 0.204. The molecule has 6 nitrogen and oxygen atoms in total. The number of amides is 2. The number of alkyl halides is 3. The summed E-state index contributed by atoms with van der Waals surface area (Å²) in [4.78, 5) is 25.0. The van der Waals surface area contributed by atoms with Crippen molar-refractivity contribution in [3.05, 3.63) is 106 Å². The van der Waals surface area contributed by atoms with Crippen molar-refractivity contribution in [2.24, 2.45) is 5.18 Å². The fourth-order valence-electron chi connectivity index (χ4n) is 4.28. The Morgan fingerprint density at radius 1 is 0.878 bits per heavy atom. The highest BCUT2D eigenvalue weighted by molar-refractivity contribution is 7.99. The Morgan fingerprint density at radius 3 is 2.17 bits per heavy atom. The maximum atomic E-state index is 13.9. The van der Waals surface area contributed by atoms with Gasteiger partial charge >= 0.3 is 12.2 Å². The van der Waals surface area contributed by atoms with Crippen LogP contribution in [-0.2, 0) is 6.18 Å². The number of nitrogens with zero attached hydrogens (tertiary/aromatic N) is 1. The molecular formula is C31H28F3N3O3S. The minimum atomic E-state index is -4.67. The number of halogens is 3. The second kappa shape index (κ2) is 12.5. The summed E-state index contributed by atoms with van der Waals surface area (Å²) >= 11 is 1.20. The second-order valence-electron chi connectivity index (χ2n) is 9.71. The molecular weight excluding hydrogens is 551 g/mol. The van der Waals surface area contributed by atoms with Crippen molar-refractivity contribution in [3.63, 3.8) is 0 Å². The van der Waals surface area contributed by atoms with E-state index in [0.717, 1.165) is 16.5 Å². The van der Waals surface area contributed by atoms with Gasteiger partial charge in [0.1, 0.15) is 17.2 Å². The van der Waals surface area contributed by atoms with Crippen LogP contribution in [0.15, 0.2) is 93.8 Å². The molecule has 0 aliphatic heterocycles. The van der Waals surface area contributed by atoms with Gasteiger partial charge in [0.05, 0.1) is 11.3 Å². The van der Waals surface area contributed by atoms with Crippen LogP contribution < -0.4 is 15.4 Å². The first-order chi connectivity index (χ1) is 19.4. The fraction of sp³-hybridized carbons (Fsp3) is 0.194. The van der Waals surface area contributed by atoms with Gasteiger partial charge in [0, 0.05) is 15.5 Å². The fourth-order valence-corrected chi connectivity index (χ4v) is 5.16. The highest BCUT2D eigenvalue weighted by Crippen LogP contribution is 2.39. The van der Waals surface area contributed by atoms with Crippen molar-refractivity contribution in [1.82, 2.24) is 0 Å². The number of hydrogen-bond donors (Lipinski definition) is 2. The minimum Gasteiger partial charge on any atom is -0.457 e. The molecule has 4 rings (SSSR count). The van der Waals surface area contributed by atoms with Crippen molar-refractivity contribution >= 4 is 34.9 Å². The molecule has 212 valence electrons. The molecule has 4 aromatic carbocycles. The van der Waals surface area contributed by atoms with Crippen molar-refractivity contribution < 1.29 is 22.7 Å². The molecule has 10 heteroatoms. The van der Waals surface area contributed by atoms with E-state index in [9.17, 15) is 22.9 Å². The summed E-state index contributed by atoms with van der Waals surface area (Å²) in [6, 6.07) is 20.4. The number of hydrogen-bond acceptors (Lipinski definition) is 5.